The molecule has 0 aromatic heterocycles. The third-order valence-electron chi connectivity index (χ3n) is 3.93. The quantitative estimate of drug-likeness (QED) is 0.887. The van der Waals surface area contributed by atoms with Crippen LogP contribution in [0.5, 0.6) is 0 Å². The molecule has 1 heterocycles. The van der Waals surface area contributed by atoms with Gasteiger partial charge in [0.15, 0.2) is 0 Å². The SMILES string of the molecule is Cc1cccc(C(O)c2ccc3c(c2)CCCC(=O)N3)c1. The minimum absolute atomic E-state index is 0.0701. The van der Waals surface area contributed by atoms with Crippen LogP contribution >= 0.6 is 0 Å². The van der Waals surface area contributed by atoms with Crippen LogP contribution in [0.2, 0.25) is 0 Å². The molecule has 21 heavy (non-hydrogen) atoms. The number of anilines is 1. The topological polar surface area (TPSA) is 49.3 Å². The van der Waals surface area contributed by atoms with Gasteiger partial charge in [0.2, 0.25) is 5.91 Å². The maximum atomic E-state index is 11.6. The number of aliphatic hydroxyl groups excluding tert-OH is 1. The second-order valence-corrected chi connectivity index (χ2v) is 5.63. The van der Waals surface area contributed by atoms with E-state index in [4.69, 9.17) is 0 Å². The van der Waals surface area contributed by atoms with Crippen LogP contribution < -0.4 is 5.32 Å². The van der Waals surface area contributed by atoms with E-state index >= 15 is 0 Å². The molecule has 0 bridgehead atoms. The summed E-state index contributed by atoms with van der Waals surface area (Å²) < 4.78 is 0. The van der Waals surface area contributed by atoms with Crippen LogP contribution in [0.3, 0.4) is 0 Å². The Labute approximate surface area is 124 Å². The molecular formula is C18H19NO2. The number of carbonyl (C=O) groups excluding carboxylic acids is 1. The lowest BCUT2D eigenvalue weighted by Crippen LogP contribution is -2.09. The van der Waals surface area contributed by atoms with Crippen molar-refractivity contribution in [3.63, 3.8) is 0 Å². The van der Waals surface area contributed by atoms with Crippen molar-refractivity contribution in [1.29, 1.82) is 0 Å². The van der Waals surface area contributed by atoms with E-state index in [1.165, 1.54) is 0 Å². The molecular weight excluding hydrogens is 262 g/mol. The number of hydrogen-bond donors (Lipinski definition) is 2. The van der Waals surface area contributed by atoms with Gasteiger partial charge < -0.3 is 10.4 Å². The van der Waals surface area contributed by atoms with E-state index < -0.39 is 6.10 Å². The zero-order valence-electron chi connectivity index (χ0n) is 12.1. The van der Waals surface area contributed by atoms with E-state index in [-0.39, 0.29) is 5.91 Å². The fourth-order valence-corrected chi connectivity index (χ4v) is 2.80. The number of amides is 1. The van der Waals surface area contributed by atoms with Gasteiger partial charge in [0.05, 0.1) is 0 Å². The predicted octanol–water partition coefficient (Wildman–Crippen LogP) is 3.35. The Morgan fingerprint density at radius 2 is 1.90 bits per heavy atom. The van der Waals surface area contributed by atoms with Gasteiger partial charge in [-0.1, -0.05) is 42.0 Å². The highest BCUT2D eigenvalue weighted by Crippen LogP contribution is 2.29. The van der Waals surface area contributed by atoms with Gasteiger partial charge in [-0.25, -0.2) is 0 Å². The summed E-state index contributed by atoms with van der Waals surface area (Å²) in [6.45, 7) is 2.02. The van der Waals surface area contributed by atoms with Crippen molar-refractivity contribution in [3.05, 3.63) is 64.7 Å². The highest BCUT2D eigenvalue weighted by molar-refractivity contribution is 5.92. The first-order valence-electron chi connectivity index (χ1n) is 7.31. The van der Waals surface area contributed by atoms with Gasteiger partial charge >= 0.3 is 0 Å². The van der Waals surface area contributed by atoms with Crippen LogP contribution in [0.15, 0.2) is 42.5 Å². The second kappa shape index (κ2) is 5.70. The molecule has 0 radical (unpaired) electrons. The van der Waals surface area contributed by atoms with E-state index in [0.717, 1.165) is 40.8 Å². The fraction of sp³-hybridized carbons (Fsp3) is 0.278. The molecule has 108 valence electrons. The molecule has 0 saturated heterocycles. The lowest BCUT2D eigenvalue weighted by atomic mass is 9.96. The summed E-state index contributed by atoms with van der Waals surface area (Å²) in [7, 11) is 0. The number of aryl methyl sites for hydroxylation is 2. The summed E-state index contributed by atoms with van der Waals surface area (Å²) >= 11 is 0. The first-order valence-corrected chi connectivity index (χ1v) is 7.31. The Bertz CT molecular complexity index is 679. The minimum Gasteiger partial charge on any atom is -0.384 e. The van der Waals surface area contributed by atoms with E-state index in [9.17, 15) is 9.90 Å². The molecule has 1 unspecified atom stereocenters. The molecule has 3 nitrogen and oxygen atoms in total. The molecule has 0 fully saturated rings. The van der Waals surface area contributed by atoms with Gasteiger partial charge in [-0.15, -0.1) is 0 Å². The smallest absolute Gasteiger partial charge is 0.224 e. The average molecular weight is 281 g/mol. The van der Waals surface area contributed by atoms with Crippen LogP contribution in [0.4, 0.5) is 5.69 Å². The number of rotatable bonds is 2. The Morgan fingerprint density at radius 3 is 2.71 bits per heavy atom. The van der Waals surface area contributed by atoms with Crippen molar-refractivity contribution in [2.24, 2.45) is 0 Å². The number of fused-ring (bicyclic) bond motifs is 1. The lowest BCUT2D eigenvalue weighted by Gasteiger charge is -2.15. The van der Waals surface area contributed by atoms with Crippen LogP contribution in [-0.2, 0) is 11.2 Å². The maximum Gasteiger partial charge on any atom is 0.224 e. The Hall–Kier alpha value is -2.13. The number of nitrogens with one attached hydrogen (secondary N) is 1. The molecule has 3 heteroatoms. The monoisotopic (exact) mass is 281 g/mol. The first-order chi connectivity index (χ1) is 10.1. The standard InChI is InChI=1S/C18H19NO2/c1-12-4-2-6-14(10-12)18(21)15-8-9-16-13(11-15)5-3-7-17(20)19-16/h2,4,6,8-11,18,21H,3,5,7H2,1H3,(H,19,20). The Kier molecular flexibility index (Phi) is 3.76. The number of aliphatic hydroxyl groups is 1. The van der Waals surface area contributed by atoms with Crippen LogP contribution in [0.1, 0.15) is 41.2 Å². The van der Waals surface area contributed by atoms with Crippen molar-refractivity contribution in [2.45, 2.75) is 32.3 Å². The molecule has 0 saturated carbocycles. The van der Waals surface area contributed by atoms with E-state index in [1.807, 2.05) is 49.4 Å². The average Bonchev–Trinajstić information content (AvgIpc) is 2.66. The molecule has 1 aliphatic rings. The molecule has 1 aliphatic heterocycles. The number of benzene rings is 2. The van der Waals surface area contributed by atoms with Crippen LogP contribution in [-0.4, -0.2) is 11.0 Å². The van der Waals surface area contributed by atoms with Crippen molar-refractivity contribution in [2.75, 3.05) is 5.32 Å². The molecule has 1 atom stereocenters. The highest BCUT2D eigenvalue weighted by atomic mass is 16.3. The van der Waals surface area contributed by atoms with E-state index in [0.29, 0.717) is 6.42 Å². The molecule has 2 aromatic carbocycles. The Morgan fingerprint density at radius 1 is 1.10 bits per heavy atom. The van der Waals surface area contributed by atoms with Crippen molar-refractivity contribution in [1.82, 2.24) is 0 Å². The summed E-state index contributed by atoms with van der Waals surface area (Å²) in [6.07, 6.45) is 1.64. The molecule has 0 spiro atoms. The van der Waals surface area contributed by atoms with Gasteiger partial charge in [-0.3, -0.25) is 4.79 Å². The summed E-state index contributed by atoms with van der Waals surface area (Å²) in [5.41, 5.74) is 4.87. The normalized spacial score (nSPS) is 15.8. The molecule has 0 aliphatic carbocycles. The Balaban J connectivity index is 1.93. The summed E-state index contributed by atoms with van der Waals surface area (Å²) in [5.74, 6) is 0.0701. The molecule has 3 rings (SSSR count). The van der Waals surface area contributed by atoms with Gasteiger partial charge in [0.25, 0.3) is 0 Å². The zero-order chi connectivity index (χ0) is 14.8. The third kappa shape index (κ3) is 2.98. The highest BCUT2D eigenvalue weighted by Gasteiger charge is 2.16. The summed E-state index contributed by atoms with van der Waals surface area (Å²) in [4.78, 5) is 11.6. The van der Waals surface area contributed by atoms with Crippen LogP contribution in [0, 0.1) is 6.92 Å². The summed E-state index contributed by atoms with van der Waals surface area (Å²) in [6, 6.07) is 13.7. The van der Waals surface area contributed by atoms with Gasteiger partial charge in [0, 0.05) is 12.1 Å². The van der Waals surface area contributed by atoms with Crippen molar-refractivity contribution >= 4 is 11.6 Å². The molecule has 1 amide bonds. The zero-order valence-corrected chi connectivity index (χ0v) is 12.1. The largest absolute Gasteiger partial charge is 0.384 e. The second-order valence-electron chi connectivity index (χ2n) is 5.63. The van der Waals surface area contributed by atoms with Gasteiger partial charge in [-0.05, 0) is 42.5 Å². The minimum atomic E-state index is -0.630. The van der Waals surface area contributed by atoms with Gasteiger partial charge in [-0.2, -0.15) is 0 Å². The first kappa shape index (κ1) is 13.8. The van der Waals surface area contributed by atoms with Gasteiger partial charge in [0.1, 0.15) is 6.10 Å². The lowest BCUT2D eigenvalue weighted by molar-refractivity contribution is -0.116. The van der Waals surface area contributed by atoms with Crippen molar-refractivity contribution in [3.8, 4) is 0 Å². The molecule has 2 aromatic rings. The number of hydrogen-bond acceptors (Lipinski definition) is 2. The maximum absolute atomic E-state index is 11.6. The number of carbonyl (C=O) groups is 1. The fourth-order valence-electron chi connectivity index (χ4n) is 2.80. The predicted molar refractivity (Wildman–Crippen MR) is 83.3 cm³/mol. The molecule has 2 N–H and O–H groups in total. The van der Waals surface area contributed by atoms with Crippen LogP contribution in [0.25, 0.3) is 0 Å². The summed E-state index contributed by atoms with van der Waals surface area (Å²) in [5, 5.41) is 13.5. The third-order valence-corrected chi connectivity index (χ3v) is 3.93. The van der Waals surface area contributed by atoms with E-state index in [1.54, 1.807) is 0 Å². The van der Waals surface area contributed by atoms with Crippen molar-refractivity contribution < 1.29 is 9.90 Å². The van der Waals surface area contributed by atoms with E-state index in [2.05, 4.69) is 5.32 Å².